The van der Waals surface area contributed by atoms with Crippen molar-refractivity contribution in [1.82, 2.24) is 9.80 Å². The van der Waals surface area contributed by atoms with Crippen LogP contribution in [-0.2, 0) is 24.5 Å². The van der Waals surface area contributed by atoms with Crippen molar-refractivity contribution in [1.29, 1.82) is 0 Å². The molecule has 8 atom stereocenters. The van der Waals surface area contributed by atoms with Crippen LogP contribution >= 0.6 is 0 Å². The Bertz CT molecular complexity index is 1780. The van der Waals surface area contributed by atoms with Gasteiger partial charge >= 0.3 is 11.9 Å². The molecule has 0 radical (unpaired) electrons. The van der Waals surface area contributed by atoms with Crippen LogP contribution in [0.15, 0.2) is 48.6 Å². The zero-order valence-electron chi connectivity index (χ0n) is 32.6. The monoisotopic (exact) mass is 750 g/mol. The number of hydrogen-bond donors (Lipinski definition) is 2. The lowest BCUT2D eigenvalue weighted by Crippen LogP contribution is -2.69. The number of fused-ring (bicyclic) bond motifs is 1. The molecule has 7 unspecified atom stereocenters. The van der Waals surface area contributed by atoms with Crippen molar-refractivity contribution in [2.24, 2.45) is 17.8 Å². The summed E-state index contributed by atoms with van der Waals surface area (Å²) in [7, 11) is 4.93. The molecule has 3 fully saturated rings. The highest BCUT2D eigenvalue weighted by molar-refractivity contribution is 5.89. The number of para-hydroxylation sites is 1. The summed E-state index contributed by atoms with van der Waals surface area (Å²) >= 11 is 0. The van der Waals surface area contributed by atoms with Gasteiger partial charge in [0.15, 0.2) is 0 Å². The lowest BCUT2D eigenvalue weighted by molar-refractivity contribution is -0.166. The number of halogens is 2. The summed E-state index contributed by atoms with van der Waals surface area (Å²) in [4.78, 5) is 31.1. The quantitative estimate of drug-likeness (QED) is 0.145. The number of aliphatic hydroxyl groups excluding tert-OH is 1. The number of nitrogen functional groups attached to an aromatic ring is 1. The van der Waals surface area contributed by atoms with Crippen molar-refractivity contribution in [3.8, 4) is 5.75 Å². The van der Waals surface area contributed by atoms with Gasteiger partial charge in [-0.2, -0.15) is 0 Å². The Hall–Kier alpha value is -4.00. The summed E-state index contributed by atoms with van der Waals surface area (Å²) in [5.41, 5.74) is 11.2. The summed E-state index contributed by atoms with van der Waals surface area (Å²) in [5.74, 6) is -4.53. The molecule has 1 spiro atoms. The third kappa shape index (κ3) is 7.01. The number of likely N-dealkylation sites (N-methyl/N-ethyl adjacent to an activating group) is 1. The number of rotatable bonds is 9. The number of benzene rings is 2. The van der Waals surface area contributed by atoms with Gasteiger partial charge in [0.05, 0.1) is 20.3 Å². The number of carbonyl (C=O) groups excluding carboxylic acids is 2. The number of piperidine rings is 1. The van der Waals surface area contributed by atoms with Gasteiger partial charge in [-0.25, -0.2) is 8.78 Å². The van der Waals surface area contributed by atoms with Gasteiger partial charge in [-0.3, -0.25) is 19.4 Å². The lowest BCUT2D eigenvalue weighted by Gasteiger charge is -2.54. The van der Waals surface area contributed by atoms with Crippen LogP contribution in [0.25, 0.3) is 11.6 Å². The van der Waals surface area contributed by atoms with E-state index >= 15 is 0 Å². The van der Waals surface area contributed by atoms with E-state index in [1.807, 2.05) is 62.2 Å². The molecule has 2 aromatic carbocycles. The number of hydrogen-bond acceptors (Lipinski definition) is 10. The molecule has 3 N–H and O–H groups in total. The van der Waals surface area contributed by atoms with E-state index in [9.17, 15) is 23.5 Å². The second-order valence-corrected chi connectivity index (χ2v) is 15.5. The van der Waals surface area contributed by atoms with E-state index in [4.69, 9.17) is 19.9 Å². The molecule has 4 aliphatic heterocycles. The summed E-state index contributed by atoms with van der Waals surface area (Å²) < 4.78 is 46.6. The minimum Gasteiger partial charge on any atom is -0.496 e. The predicted octanol–water partition coefficient (Wildman–Crippen LogP) is 5.62. The molecule has 54 heavy (non-hydrogen) atoms. The summed E-state index contributed by atoms with van der Waals surface area (Å²) in [6.07, 6.45) is 5.76. The number of esters is 2. The minimum absolute atomic E-state index is 0.00107. The first kappa shape index (κ1) is 39.7. The summed E-state index contributed by atoms with van der Waals surface area (Å²) in [6.45, 7) is 8.89. The Morgan fingerprint density at radius 2 is 1.87 bits per heavy atom. The first-order valence-electron chi connectivity index (χ1n) is 19.2. The SMILES string of the molecule is CC.COC(=O)CC1CC(C(C)(F)F)CN(C/C(=C\c2cc3c(cc2OC)N(C)C2C(O)C(OC(C)=O)C4C=CCN5CC[C@]32C45)c2ccccc2N)C1. The fourth-order valence-electron chi connectivity index (χ4n) is 10.3. The van der Waals surface area contributed by atoms with E-state index in [0.29, 0.717) is 24.5 Å². The molecule has 12 heteroatoms. The van der Waals surface area contributed by atoms with Crippen molar-refractivity contribution in [2.45, 2.75) is 82.6 Å². The molecular weight excluding hydrogens is 694 g/mol. The number of nitrogens with two attached hydrogens (primary N) is 1. The minimum atomic E-state index is -2.92. The molecule has 2 aromatic rings. The van der Waals surface area contributed by atoms with Crippen LogP contribution in [-0.4, -0.2) is 111 Å². The molecule has 7 rings (SSSR count). The largest absolute Gasteiger partial charge is 0.496 e. The van der Waals surface area contributed by atoms with Crippen LogP contribution in [0.5, 0.6) is 5.75 Å². The van der Waals surface area contributed by atoms with Gasteiger partial charge in [0, 0.05) is 98.4 Å². The molecule has 4 heterocycles. The third-order valence-electron chi connectivity index (χ3n) is 12.4. The van der Waals surface area contributed by atoms with Gasteiger partial charge < -0.3 is 30.0 Å². The number of methoxy groups -OCH3 is 2. The van der Waals surface area contributed by atoms with Crippen LogP contribution in [0.3, 0.4) is 0 Å². The molecule has 2 saturated heterocycles. The molecule has 5 aliphatic rings. The number of aliphatic hydroxyl groups is 1. The van der Waals surface area contributed by atoms with E-state index in [1.165, 1.54) is 14.0 Å². The Morgan fingerprint density at radius 1 is 1.13 bits per heavy atom. The zero-order chi connectivity index (χ0) is 39.1. The predicted molar refractivity (Wildman–Crippen MR) is 206 cm³/mol. The van der Waals surface area contributed by atoms with Crippen molar-refractivity contribution >= 4 is 35.0 Å². The molecule has 10 nitrogen and oxygen atoms in total. The van der Waals surface area contributed by atoms with Crippen LogP contribution in [0.4, 0.5) is 20.2 Å². The fourth-order valence-corrected chi connectivity index (χ4v) is 10.3. The van der Waals surface area contributed by atoms with Crippen LogP contribution in [0, 0.1) is 17.8 Å². The van der Waals surface area contributed by atoms with Gasteiger partial charge in [-0.1, -0.05) is 44.2 Å². The normalized spacial score (nSPS) is 30.4. The average Bonchev–Trinajstić information content (AvgIpc) is 3.65. The number of anilines is 2. The molecule has 1 aliphatic carbocycles. The third-order valence-corrected chi connectivity index (χ3v) is 12.4. The Balaban J connectivity index is 0.00000245. The van der Waals surface area contributed by atoms with Gasteiger partial charge in [-0.05, 0) is 61.6 Å². The molecule has 0 aromatic heterocycles. The molecule has 1 saturated carbocycles. The smallest absolute Gasteiger partial charge is 0.305 e. The Kier molecular flexibility index (Phi) is 11.5. The van der Waals surface area contributed by atoms with Crippen LogP contribution in [0.1, 0.15) is 63.6 Å². The van der Waals surface area contributed by atoms with Gasteiger partial charge in [-0.15, -0.1) is 0 Å². The van der Waals surface area contributed by atoms with Gasteiger partial charge in [0.25, 0.3) is 0 Å². The van der Waals surface area contributed by atoms with E-state index < -0.39 is 41.4 Å². The second-order valence-electron chi connectivity index (χ2n) is 15.5. The molecule has 294 valence electrons. The van der Waals surface area contributed by atoms with Gasteiger partial charge in [0.1, 0.15) is 18.0 Å². The number of alkyl halides is 2. The first-order valence-corrected chi connectivity index (χ1v) is 19.2. The van der Waals surface area contributed by atoms with Crippen molar-refractivity contribution < 1.29 is 37.7 Å². The number of carbonyl (C=O) groups is 2. The standard InChI is InChI=1S/C40H50F2N4O6.C2H6/c1-23(47)52-36-29-10-8-13-46-14-12-40(37(29)46)30-18-25(33(50-4)19-32(30)44(3)38(40)35(36)49)17-26(28-9-6-7-11-31(28)43)21-45-20-24(16-34(48)51-5)15-27(22-45)39(2,41)42;1-2/h6-11,17-19,24,27,29,35-38,49H,12-16,20-22,43H2,1-5H3;1-2H3/b26-17+;/t24?,27?,29?,35?,36?,37?,38?,40-;/m1./s1. The lowest BCUT2D eigenvalue weighted by atomic mass is 9.58. The van der Waals surface area contributed by atoms with E-state index in [0.717, 1.165) is 54.4 Å². The van der Waals surface area contributed by atoms with E-state index in [-0.39, 0.29) is 43.3 Å². The topological polar surface area (TPSA) is 118 Å². The Morgan fingerprint density at radius 3 is 2.54 bits per heavy atom. The van der Waals surface area contributed by atoms with E-state index in [2.05, 4.69) is 28.0 Å². The maximum absolute atomic E-state index is 14.9. The fraction of sp³-hybridized carbons (Fsp3) is 0.571. The highest BCUT2D eigenvalue weighted by Crippen LogP contribution is 2.61. The van der Waals surface area contributed by atoms with Crippen LogP contribution in [0.2, 0.25) is 0 Å². The second kappa shape index (κ2) is 15.6. The molecule has 0 amide bonds. The van der Waals surface area contributed by atoms with Crippen molar-refractivity contribution in [2.75, 3.05) is 64.6 Å². The molecule has 0 bridgehead atoms. The van der Waals surface area contributed by atoms with Gasteiger partial charge in [0.2, 0.25) is 5.92 Å². The maximum atomic E-state index is 14.9. The maximum Gasteiger partial charge on any atom is 0.305 e. The van der Waals surface area contributed by atoms with E-state index in [1.54, 1.807) is 7.11 Å². The highest BCUT2D eigenvalue weighted by Gasteiger charge is 2.69. The Labute approximate surface area is 317 Å². The van der Waals surface area contributed by atoms with Crippen molar-refractivity contribution in [3.05, 3.63) is 65.2 Å². The highest BCUT2D eigenvalue weighted by atomic mass is 19.3. The first-order chi connectivity index (χ1) is 25.8. The van der Waals surface area contributed by atoms with Crippen molar-refractivity contribution in [3.63, 3.8) is 0 Å². The summed E-state index contributed by atoms with van der Waals surface area (Å²) in [6, 6.07) is 11.4. The number of ether oxygens (including phenoxy) is 3. The van der Waals surface area contributed by atoms with Crippen LogP contribution < -0.4 is 15.4 Å². The summed E-state index contributed by atoms with van der Waals surface area (Å²) in [5, 5.41) is 12.0. The average molecular weight is 751 g/mol. The number of nitrogens with zero attached hydrogens (tertiary/aromatic N) is 3. The molecular formula is C42H56F2N4O6. The number of likely N-dealkylation sites (tertiary alicyclic amines) is 1. The zero-order valence-corrected chi connectivity index (χ0v) is 32.6.